The fraction of sp³-hybridized carbons (Fsp3) is 0.0851. The predicted octanol–water partition coefficient (Wildman–Crippen LogP) is 15.2. The molecule has 0 spiro atoms. The first-order valence-electron chi connectivity index (χ1n) is 18.4. The van der Waals surface area contributed by atoms with Crippen LogP contribution in [-0.4, -0.2) is 9.13 Å². The van der Waals surface area contributed by atoms with E-state index in [1.807, 2.05) is 6.07 Å². The predicted molar refractivity (Wildman–Crippen MR) is 211 cm³/mol. The summed E-state index contributed by atoms with van der Waals surface area (Å²) < 4.78 is 176. The van der Waals surface area contributed by atoms with Crippen LogP contribution in [0.25, 0.3) is 77.2 Å². The molecule has 9 aromatic rings. The molecule has 0 aliphatic heterocycles. The molecule has 0 aliphatic carbocycles. The third kappa shape index (κ3) is 6.57. The van der Waals surface area contributed by atoms with Crippen LogP contribution < -0.4 is 0 Å². The fourth-order valence-electron chi connectivity index (χ4n) is 8.27. The van der Waals surface area contributed by atoms with Gasteiger partial charge in [-0.15, -0.1) is 0 Å². The van der Waals surface area contributed by atoms with E-state index < -0.39 is 58.1 Å². The van der Waals surface area contributed by atoms with Gasteiger partial charge in [-0.2, -0.15) is 57.9 Å². The minimum absolute atomic E-state index is 0.0102. The van der Waals surface area contributed by atoms with Gasteiger partial charge in [-0.1, -0.05) is 48.5 Å². The van der Waals surface area contributed by atoms with Crippen molar-refractivity contribution in [1.29, 1.82) is 5.26 Å². The molecule has 0 amide bonds. The Kier molecular flexibility index (Phi) is 9.02. The van der Waals surface area contributed by atoms with Gasteiger partial charge < -0.3 is 9.13 Å². The molecular weight excluding hydrogens is 835 g/mol. The van der Waals surface area contributed by atoms with Crippen molar-refractivity contribution in [2.24, 2.45) is 0 Å². The highest BCUT2D eigenvalue weighted by Crippen LogP contribution is 2.48. The van der Waals surface area contributed by atoms with E-state index in [-0.39, 0.29) is 49.9 Å². The Labute approximate surface area is 341 Å². The summed E-state index contributed by atoms with van der Waals surface area (Å²) in [6.07, 6.45) is -20.0. The molecule has 7 aromatic carbocycles. The number of aromatic nitrogens is 2. The number of nitriles is 1. The summed E-state index contributed by atoms with van der Waals surface area (Å²) in [5, 5.41) is 11.2. The highest BCUT2D eigenvalue weighted by molar-refractivity contribution is 6.12. The lowest BCUT2D eigenvalue weighted by Gasteiger charge is -2.22. The summed E-state index contributed by atoms with van der Waals surface area (Å²) in [4.78, 5) is 0. The van der Waals surface area contributed by atoms with Gasteiger partial charge in [-0.25, -0.2) is 0 Å². The molecule has 0 N–H and O–H groups in total. The lowest BCUT2D eigenvalue weighted by Crippen LogP contribution is -2.14. The zero-order valence-corrected chi connectivity index (χ0v) is 31.2. The van der Waals surface area contributed by atoms with Gasteiger partial charge in [0.1, 0.15) is 0 Å². The second-order valence-electron chi connectivity index (χ2n) is 14.5. The van der Waals surface area contributed by atoms with Crippen LogP contribution in [-0.2, 0) is 24.7 Å². The summed E-state index contributed by atoms with van der Waals surface area (Å²) in [7, 11) is 0. The summed E-state index contributed by atoms with van der Waals surface area (Å²) in [6.45, 7) is 0. The smallest absolute Gasteiger partial charge is 0.309 e. The largest absolute Gasteiger partial charge is 0.417 e. The van der Waals surface area contributed by atoms with Gasteiger partial charge in [0.05, 0.1) is 67.3 Å². The number of hydrogen-bond donors (Lipinski definition) is 0. The van der Waals surface area contributed by atoms with Crippen molar-refractivity contribution in [3.05, 3.63) is 167 Å². The van der Waals surface area contributed by atoms with Gasteiger partial charge in [0.15, 0.2) is 0 Å². The molecule has 310 valence electrons. The molecule has 0 unspecified atom stereocenters. The standard InChI is InChI=1S/C47H23F12N3/c48-44(49,50)27-14-18-41-33(22-27)29-6-1-3-10-37(29)61(41)39-16-12-25(24-60)20-31(39)32-21-26(43-35(46(54,55)56)8-5-9-36(43)47(57,58)59)13-17-40(32)62-38-11-4-2-7-30(38)34-23-28(45(51,52)53)15-19-42(34)62/h1-23H. The molecule has 2 aromatic heterocycles. The van der Waals surface area contributed by atoms with E-state index in [0.29, 0.717) is 40.0 Å². The molecule has 0 fully saturated rings. The van der Waals surface area contributed by atoms with Crippen molar-refractivity contribution >= 4 is 43.6 Å². The minimum Gasteiger partial charge on any atom is -0.309 e. The van der Waals surface area contributed by atoms with E-state index in [9.17, 15) is 57.9 Å². The molecule has 0 saturated heterocycles. The Balaban J connectivity index is 1.45. The number of alkyl halides is 12. The monoisotopic (exact) mass is 857 g/mol. The molecular formula is C47H23F12N3. The first-order valence-corrected chi connectivity index (χ1v) is 18.4. The quantitative estimate of drug-likeness (QED) is 0.162. The molecule has 15 heteroatoms. The van der Waals surface area contributed by atoms with E-state index in [1.54, 1.807) is 53.1 Å². The summed E-state index contributed by atoms with van der Waals surface area (Å²) in [6, 6.07) is 30.1. The number of halogens is 12. The maximum absolute atomic E-state index is 14.7. The number of para-hydroxylation sites is 2. The Morgan fingerprint density at radius 1 is 0.387 bits per heavy atom. The highest BCUT2D eigenvalue weighted by atomic mass is 19.4. The van der Waals surface area contributed by atoms with Crippen molar-refractivity contribution in [3.8, 4) is 39.7 Å². The second kappa shape index (κ2) is 13.9. The lowest BCUT2D eigenvalue weighted by molar-refractivity contribution is -0.142. The Morgan fingerprint density at radius 2 is 0.823 bits per heavy atom. The summed E-state index contributed by atoms with van der Waals surface area (Å²) in [5.41, 5.74) is -5.57. The number of fused-ring (bicyclic) bond motifs is 6. The van der Waals surface area contributed by atoms with Crippen LogP contribution in [0.1, 0.15) is 27.8 Å². The Bertz CT molecular complexity index is 3290. The molecule has 0 bridgehead atoms. The van der Waals surface area contributed by atoms with Crippen LogP contribution in [0.15, 0.2) is 140 Å². The van der Waals surface area contributed by atoms with Crippen LogP contribution in [0.5, 0.6) is 0 Å². The number of hydrogen-bond acceptors (Lipinski definition) is 1. The third-order valence-corrected chi connectivity index (χ3v) is 10.9. The molecule has 0 radical (unpaired) electrons. The van der Waals surface area contributed by atoms with Gasteiger partial charge in [0, 0.05) is 38.2 Å². The molecule has 3 nitrogen and oxygen atoms in total. The van der Waals surface area contributed by atoms with E-state index in [0.717, 1.165) is 36.4 Å². The van der Waals surface area contributed by atoms with Crippen LogP contribution in [0.3, 0.4) is 0 Å². The summed E-state index contributed by atoms with van der Waals surface area (Å²) in [5.74, 6) is 0. The normalized spacial score (nSPS) is 12.8. The Hall–Kier alpha value is -7.21. The Morgan fingerprint density at radius 3 is 1.27 bits per heavy atom. The van der Waals surface area contributed by atoms with Crippen molar-refractivity contribution in [3.63, 3.8) is 0 Å². The fourth-order valence-corrected chi connectivity index (χ4v) is 8.27. The van der Waals surface area contributed by atoms with Gasteiger partial charge in [-0.05, 0) is 96.6 Å². The maximum atomic E-state index is 14.7. The van der Waals surface area contributed by atoms with Gasteiger partial charge in [0.2, 0.25) is 0 Å². The van der Waals surface area contributed by atoms with Crippen molar-refractivity contribution in [1.82, 2.24) is 9.13 Å². The SMILES string of the molecule is N#Cc1ccc(-n2c3ccccc3c3cc(C(F)(F)F)ccc32)c(-c2cc(-c3c(C(F)(F)F)cccc3C(F)(F)F)ccc2-n2c3ccccc3c3cc(C(F)(F)F)ccc32)c1. The lowest BCUT2D eigenvalue weighted by atomic mass is 9.90. The van der Waals surface area contributed by atoms with E-state index in [4.69, 9.17) is 0 Å². The maximum Gasteiger partial charge on any atom is 0.417 e. The number of rotatable bonds is 4. The molecule has 2 heterocycles. The first-order chi connectivity index (χ1) is 29.3. The van der Waals surface area contributed by atoms with Crippen LogP contribution >= 0.6 is 0 Å². The van der Waals surface area contributed by atoms with Crippen LogP contribution in [0.4, 0.5) is 52.7 Å². The van der Waals surface area contributed by atoms with Gasteiger partial charge >= 0.3 is 24.7 Å². The zero-order valence-electron chi connectivity index (χ0n) is 31.2. The second-order valence-corrected chi connectivity index (χ2v) is 14.5. The molecule has 0 aliphatic rings. The van der Waals surface area contributed by atoms with Crippen molar-refractivity contribution in [2.75, 3.05) is 0 Å². The number of nitrogens with zero attached hydrogens (tertiary/aromatic N) is 3. The molecule has 62 heavy (non-hydrogen) atoms. The van der Waals surface area contributed by atoms with Crippen molar-refractivity contribution in [2.45, 2.75) is 24.7 Å². The topological polar surface area (TPSA) is 33.6 Å². The first kappa shape index (κ1) is 40.2. The van der Waals surface area contributed by atoms with E-state index >= 15 is 0 Å². The van der Waals surface area contributed by atoms with Crippen molar-refractivity contribution < 1.29 is 52.7 Å². The van der Waals surface area contributed by atoms with Crippen LogP contribution in [0, 0.1) is 11.3 Å². The molecule has 0 atom stereocenters. The molecule has 9 rings (SSSR count). The summed E-state index contributed by atoms with van der Waals surface area (Å²) >= 11 is 0. The molecule has 0 saturated carbocycles. The van der Waals surface area contributed by atoms with E-state index in [2.05, 4.69) is 0 Å². The third-order valence-electron chi connectivity index (χ3n) is 10.9. The van der Waals surface area contributed by atoms with Gasteiger partial charge in [-0.3, -0.25) is 0 Å². The number of benzene rings is 7. The average Bonchev–Trinajstić information content (AvgIpc) is 3.74. The van der Waals surface area contributed by atoms with E-state index in [1.165, 1.54) is 41.0 Å². The highest BCUT2D eigenvalue weighted by Gasteiger charge is 2.41. The average molecular weight is 858 g/mol. The zero-order chi connectivity index (χ0) is 44.1. The minimum atomic E-state index is -5.28. The van der Waals surface area contributed by atoms with Crippen LogP contribution in [0.2, 0.25) is 0 Å². The van der Waals surface area contributed by atoms with Gasteiger partial charge in [0.25, 0.3) is 0 Å².